The predicted octanol–water partition coefficient (Wildman–Crippen LogP) is 1.19. The number of nitrogens with zero attached hydrogens (tertiary/aromatic N) is 1. The number of benzene rings is 1. The van der Waals surface area contributed by atoms with Crippen LogP contribution in [-0.2, 0) is 16.0 Å². The average molecular weight is 288 g/mol. The summed E-state index contributed by atoms with van der Waals surface area (Å²) in [6.07, 6.45) is 3.06. The highest BCUT2D eigenvalue weighted by molar-refractivity contribution is 6.00. The maximum Gasteiger partial charge on any atom is 0.228 e. The number of nitrogens with one attached hydrogen (secondary N) is 2. The molecule has 0 unspecified atom stereocenters. The van der Waals surface area contributed by atoms with Crippen LogP contribution >= 0.6 is 0 Å². The van der Waals surface area contributed by atoms with E-state index in [9.17, 15) is 9.59 Å². The van der Waals surface area contributed by atoms with Crippen molar-refractivity contribution in [2.24, 2.45) is 0 Å². The van der Waals surface area contributed by atoms with Crippen molar-refractivity contribution >= 4 is 28.9 Å². The minimum absolute atomic E-state index is 0.00855. The minimum Gasteiger partial charge on any atom is -0.397 e. The highest BCUT2D eigenvalue weighted by Crippen LogP contribution is 2.31. The summed E-state index contributed by atoms with van der Waals surface area (Å²) in [5.41, 5.74) is 9.09. The highest BCUT2D eigenvalue weighted by atomic mass is 16.2. The van der Waals surface area contributed by atoms with Crippen LogP contribution in [0.25, 0.3) is 0 Å². The van der Waals surface area contributed by atoms with Crippen LogP contribution in [0, 0.1) is 0 Å². The Morgan fingerprint density at radius 1 is 1.33 bits per heavy atom. The molecule has 3 rings (SSSR count). The zero-order valence-corrected chi connectivity index (χ0v) is 11.9. The first-order valence-corrected chi connectivity index (χ1v) is 7.37. The summed E-state index contributed by atoms with van der Waals surface area (Å²) in [7, 11) is 0. The Labute approximate surface area is 123 Å². The molecule has 0 atom stereocenters. The number of likely N-dealkylation sites (tertiary alicyclic amines) is 1. The summed E-state index contributed by atoms with van der Waals surface area (Å²) in [5.74, 6) is 0.179. The van der Waals surface area contributed by atoms with Gasteiger partial charge in [0, 0.05) is 31.7 Å². The van der Waals surface area contributed by atoms with Crippen molar-refractivity contribution in [3.63, 3.8) is 0 Å². The van der Waals surface area contributed by atoms with Crippen molar-refractivity contribution in [2.45, 2.75) is 25.7 Å². The van der Waals surface area contributed by atoms with E-state index in [1.807, 2.05) is 17.0 Å². The van der Waals surface area contributed by atoms with Gasteiger partial charge in [-0.25, -0.2) is 0 Å². The third kappa shape index (κ3) is 2.94. The molecule has 2 aliphatic rings. The molecule has 1 fully saturated rings. The SMILES string of the molecule is Nc1cc2c(cc1NCCC(=O)N1CCCC1)NC(=O)C2. The Morgan fingerprint density at radius 2 is 2.10 bits per heavy atom. The number of nitrogens with two attached hydrogens (primary N) is 1. The topological polar surface area (TPSA) is 87.5 Å². The number of rotatable bonds is 4. The molecule has 0 aromatic heterocycles. The van der Waals surface area contributed by atoms with E-state index in [0.29, 0.717) is 25.1 Å². The molecule has 2 aliphatic heterocycles. The predicted molar refractivity (Wildman–Crippen MR) is 82.1 cm³/mol. The van der Waals surface area contributed by atoms with Crippen LogP contribution in [0.3, 0.4) is 0 Å². The summed E-state index contributed by atoms with van der Waals surface area (Å²) >= 11 is 0. The Bertz CT molecular complexity index is 579. The van der Waals surface area contributed by atoms with Crippen molar-refractivity contribution < 1.29 is 9.59 Å². The van der Waals surface area contributed by atoms with Crippen molar-refractivity contribution in [1.82, 2.24) is 4.90 Å². The number of hydrogen-bond acceptors (Lipinski definition) is 4. The fourth-order valence-electron chi connectivity index (χ4n) is 2.88. The number of amides is 2. The van der Waals surface area contributed by atoms with E-state index < -0.39 is 0 Å². The van der Waals surface area contributed by atoms with Crippen LogP contribution in [0.4, 0.5) is 17.1 Å². The summed E-state index contributed by atoms with van der Waals surface area (Å²) < 4.78 is 0. The molecule has 4 N–H and O–H groups in total. The third-order valence-corrected chi connectivity index (χ3v) is 4.01. The molecule has 0 bridgehead atoms. The monoisotopic (exact) mass is 288 g/mol. The maximum atomic E-state index is 11.9. The van der Waals surface area contributed by atoms with Gasteiger partial charge in [-0.2, -0.15) is 0 Å². The van der Waals surface area contributed by atoms with E-state index in [1.165, 1.54) is 0 Å². The lowest BCUT2D eigenvalue weighted by molar-refractivity contribution is -0.129. The van der Waals surface area contributed by atoms with Gasteiger partial charge in [-0.3, -0.25) is 9.59 Å². The van der Waals surface area contributed by atoms with Crippen LogP contribution < -0.4 is 16.4 Å². The van der Waals surface area contributed by atoms with Gasteiger partial charge < -0.3 is 21.3 Å². The van der Waals surface area contributed by atoms with E-state index in [1.54, 1.807) is 0 Å². The molecule has 1 aromatic rings. The van der Waals surface area contributed by atoms with Gasteiger partial charge in [0.05, 0.1) is 17.8 Å². The summed E-state index contributed by atoms with van der Waals surface area (Å²) in [6.45, 7) is 2.31. The summed E-state index contributed by atoms with van der Waals surface area (Å²) in [4.78, 5) is 25.2. The minimum atomic E-state index is -0.00855. The smallest absolute Gasteiger partial charge is 0.228 e. The molecule has 2 heterocycles. The normalized spacial score (nSPS) is 16.8. The van der Waals surface area contributed by atoms with Gasteiger partial charge in [-0.15, -0.1) is 0 Å². The second kappa shape index (κ2) is 5.63. The molecule has 0 saturated carbocycles. The number of hydrogen-bond donors (Lipinski definition) is 3. The second-order valence-electron chi connectivity index (χ2n) is 5.59. The molecule has 0 spiro atoms. The third-order valence-electron chi connectivity index (χ3n) is 4.01. The molecule has 0 aliphatic carbocycles. The van der Waals surface area contributed by atoms with Crippen LogP contribution in [0.2, 0.25) is 0 Å². The average Bonchev–Trinajstić information content (AvgIpc) is 3.07. The lowest BCUT2D eigenvalue weighted by Gasteiger charge is -2.16. The second-order valence-corrected chi connectivity index (χ2v) is 5.59. The largest absolute Gasteiger partial charge is 0.397 e. The Morgan fingerprint density at radius 3 is 2.86 bits per heavy atom. The molecular formula is C15H20N4O2. The molecule has 0 radical (unpaired) electrons. The fraction of sp³-hybridized carbons (Fsp3) is 0.467. The Kier molecular flexibility index (Phi) is 3.68. The van der Waals surface area contributed by atoms with Crippen molar-refractivity contribution in [2.75, 3.05) is 36.0 Å². The van der Waals surface area contributed by atoms with Gasteiger partial charge >= 0.3 is 0 Å². The van der Waals surface area contributed by atoms with Crippen LogP contribution in [-0.4, -0.2) is 36.3 Å². The molecule has 21 heavy (non-hydrogen) atoms. The Hall–Kier alpha value is -2.24. The van der Waals surface area contributed by atoms with Crippen molar-refractivity contribution in [3.05, 3.63) is 17.7 Å². The van der Waals surface area contributed by atoms with E-state index in [2.05, 4.69) is 10.6 Å². The highest BCUT2D eigenvalue weighted by Gasteiger charge is 2.20. The number of carbonyl (C=O) groups excluding carboxylic acids is 2. The van der Waals surface area contributed by atoms with Crippen LogP contribution in [0.15, 0.2) is 12.1 Å². The summed E-state index contributed by atoms with van der Waals surface area (Å²) in [5, 5.41) is 5.99. The fourth-order valence-corrected chi connectivity index (χ4v) is 2.88. The lowest BCUT2D eigenvalue weighted by Crippen LogP contribution is -2.29. The molecular weight excluding hydrogens is 268 g/mol. The first kappa shape index (κ1) is 13.7. The molecule has 6 nitrogen and oxygen atoms in total. The zero-order chi connectivity index (χ0) is 14.8. The van der Waals surface area contributed by atoms with Gasteiger partial charge in [-0.05, 0) is 30.5 Å². The number of nitrogen functional groups attached to an aromatic ring is 1. The Balaban J connectivity index is 1.57. The van der Waals surface area contributed by atoms with Gasteiger partial charge in [0.25, 0.3) is 0 Å². The van der Waals surface area contributed by atoms with Crippen molar-refractivity contribution in [1.29, 1.82) is 0 Å². The van der Waals surface area contributed by atoms with E-state index in [0.717, 1.165) is 42.9 Å². The van der Waals surface area contributed by atoms with Gasteiger partial charge in [0.15, 0.2) is 0 Å². The van der Waals surface area contributed by atoms with Crippen LogP contribution in [0.5, 0.6) is 0 Å². The molecule has 2 amide bonds. The standard InChI is InChI=1S/C15H20N4O2/c16-11-7-10-8-14(20)18-12(10)9-13(11)17-4-3-15(21)19-5-1-2-6-19/h7,9,17H,1-6,8,16H2,(H,18,20). The van der Waals surface area contributed by atoms with Gasteiger partial charge in [0.1, 0.15) is 0 Å². The first-order valence-electron chi connectivity index (χ1n) is 7.37. The van der Waals surface area contributed by atoms with Crippen molar-refractivity contribution in [3.8, 4) is 0 Å². The molecule has 1 aromatic carbocycles. The molecule has 112 valence electrons. The summed E-state index contributed by atoms with van der Waals surface area (Å²) in [6, 6.07) is 3.66. The number of carbonyl (C=O) groups is 2. The molecule has 6 heteroatoms. The van der Waals surface area contributed by atoms with E-state index in [-0.39, 0.29) is 11.8 Å². The zero-order valence-electron chi connectivity index (χ0n) is 11.9. The quantitative estimate of drug-likeness (QED) is 0.726. The first-order chi connectivity index (χ1) is 10.1. The molecule has 1 saturated heterocycles. The lowest BCUT2D eigenvalue weighted by atomic mass is 10.1. The number of fused-ring (bicyclic) bond motifs is 1. The van der Waals surface area contributed by atoms with Gasteiger partial charge in [0.2, 0.25) is 11.8 Å². The maximum absolute atomic E-state index is 11.9. The van der Waals surface area contributed by atoms with E-state index in [4.69, 9.17) is 5.73 Å². The van der Waals surface area contributed by atoms with Gasteiger partial charge in [-0.1, -0.05) is 0 Å². The van der Waals surface area contributed by atoms with E-state index >= 15 is 0 Å². The van der Waals surface area contributed by atoms with Crippen LogP contribution in [0.1, 0.15) is 24.8 Å². The number of anilines is 3.